The Balaban J connectivity index is 1.64. The fraction of sp³-hybridized carbons (Fsp3) is 0.524. The molecule has 1 atom stereocenters. The highest BCUT2D eigenvalue weighted by Gasteiger charge is 2.21. The lowest BCUT2D eigenvalue weighted by atomic mass is 10.1. The average Bonchev–Trinajstić information content (AvgIpc) is 3.20. The van der Waals surface area contributed by atoms with Crippen molar-refractivity contribution in [2.24, 2.45) is 0 Å². The number of carbonyl (C=O) groups is 1. The molecule has 1 aliphatic rings. The van der Waals surface area contributed by atoms with Gasteiger partial charge in [0.15, 0.2) is 0 Å². The van der Waals surface area contributed by atoms with Crippen LogP contribution >= 0.6 is 11.3 Å². The molecule has 1 saturated heterocycles. The summed E-state index contributed by atoms with van der Waals surface area (Å²) in [6, 6.07) is 8.48. The van der Waals surface area contributed by atoms with Gasteiger partial charge >= 0.3 is 0 Å². The summed E-state index contributed by atoms with van der Waals surface area (Å²) in [5.74, 6) is 0.800. The van der Waals surface area contributed by atoms with E-state index in [1.165, 1.54) is 24.2 Å². The van der Waals surface area contributed by atoms with Gasteiger partial charge in [0, 0.05) is 18.2 Å². The normalized spacial score (nSPS) is 17.4. The van der Waals surface area contributed by atoms with E-state index in [1.54, 1.807) is 0 Å². The van der Waals surface area contributed by atoms with Crippen molar-refractivity contribution >= 4 is 17.2 Å². The monoisotopic (exact) mass is 387 g/mol. The summed E-state index contributed by atoms with van der Waals surface area (Å²) in [6.07, 6.45) is 3.61. The van der Waals surface area contributed by atoms with Crippen LogP contribution in [0, 0.1) is 6.92 Å². The van der Waals surface area contributed by atoms with Crippen LogP contribution in [0.3, 0.4) is 0 Å². The third-order valence-corrected chi connectivity index (χ3v) is 6.10. The lowest BCUT2D eigenvalue weighted by Crippen LogP contribution is -2.31. The number of hydrogen-bond acceptors (Lipinski definition) is 5. The Hall–Kier alpha value is -1.92. The van der Waals surface area contributed by atoms with Crippen molar-refractivity contribution < 1.29 is 9.53 Å². The number of benzene rings is 1. The standard InChI is InChI=1S/C21H29N3O2S/c1-14(2)26-18-9-5-7-16(13-18)21-23-15(3)19(27-21)20(25)22-11-10-17-8-6-12-24(17)4/h5,7,9,13-14,17H,6,8,10-12H2,1-4H3,(H,22,25). The van der Waals surface area contributed by atoms with Crippen LogP contribution in [-0.4, -0.2) is 48.1 Å². The molecule has 2 heterocycles. The van der Waals surface area contributed by atoms with E-state index in [0.717, 1.165) is 35.0 Å². The third kappa shape index (κ3) is 5.08. The minimum Gasteiger partial charge on any atom is -0.491 e. The van der Waals surface area contributed by atoms with Gasteiger partial charge in [0.1, 0.15) is 15.6 Å². The minimum absolute atomic E-state index is 0.0218. The van der Waals surface area contributed by atoms with Crippen LogP contribution in [0.15, 0.2) is 24.3 Å². The molecule has 1 aromatic heterocycles. The fourth-order valence-corrected chi connectivity index (χ4v) is 4.46. The third-order valence-electron chi connectivity index (χ3n) is 4.89. The first-order valence-corrected chi connectivity index (χ1v) is 10.5. The maximum Gasteiger partial charge on any atom is 0.263 e. The molecule has 0 saturated carbocycles. The number of rotatable bonds is 7. The predicted molar refractivity (Wildman–Crippen MR) is 111 cm³/mol. The molecule has 0 radical (unpaired) electrons. The van der Waals surface area contributed by atoms with Crippen molar-refractivity contribution in [2.45, 2.75) is 52.2 Å². The van der Waals surface area contributed by atoms with Crippen LogP contribution in [0.25, 0.3) is 10.6 Å². The summed E-state index contributed by atoms with van der Waals surface area (Å²) in [6.45, 7) is 7.78. The Kier molecular flexibility index (Phi) is 6.50. The highest BCUT2D eigenvalue weighted by Crippen LogP contribution is 2.30. The predicted octanol–water partition coefficient (Wildman–Crippen LogP) is 4.12. The van der Waals surface area contributed by atoms with Gasteiger partial charge in [-0.3, -0.25) is 4.79 Å². The molecule has 1 amide bonds. The number of aryl methyl sites for hydroxylation is 1. The van der Waals surface area contributed by atoms with E-state index in [9.17, 15) is 4.79 Å². The molecule has 6 heteroatoms. The number of ether oxygens (including phenoxy) is 1. The largest absolute Gasteiger partial charge is 0.491 e. The Bertz CT molecular complexity index is 787. The second-order valence-corrected chi connectivity index (χ2v) is 8.45. The van der Waals surface area contributed by atoms with E-state index in [-0.39, 0.29) is 12.0 Å². The van der Waals surface area contributed by atoms with Crippen LogP contribution in [0.5, 0.6) is 5.75 Å². The highest BCUT2D eigenvalue weighted by atomic mass is 32.1. The molecule has 0 aliphatic carbocycles. The van der Waals surface area contributed by atoms with Crippen LogP contribution in [0.1, 0.15) is 48.5 Å². The quantitative estimate of drug-likeness (QED) is 0.776. The number of hydrogen-bond donors (Lipinski definition) is 1. The number of carbonyl (C=O) groups excluding carboxylic acids is 1. The number of likely N-dealkylation sites (tertiary alicyclic amines) is 1. The first kappa shape index (κ1) is 19.8. The Morgan fingerprint density at radius 2 is 2.26 bits per heavy atom. The lowest BCUT2D eigenvalue weighted by Gasteiger charge is -2.19. The second kappa shape index (κ2) is 8.85. The smallest absolute Gasteiger partial charge is 0.263 e. The van der Waals surface area contributed by atoms with Gasteiger partial charge in [-0.25, -0.2) is 4.98 Å². The molecule has 1 aromatic carbocycles. The molecular weight excluding hydrogens is 358 g/mol. The van der Waals surface area contributed by atoms with Crippen molar-refractivity contribution in [2.75, 3.05) is 20.1 Å². The van der Waals surface area contributed by atoms with Crippen molar-refractivity contribution in [3.63, 3.8) is 0 Å². The van der Waals surface area contributed by atoms with E-state index in [1.807, 2.05) is 45.0 Å². The van der Waals surface area contributed by atoms with Gasteiger partial charge in [0.2, 0.25) is 0 Å². The van der Waals surface area contributed by atoms with E-state index >= 15 is 0 Å². The number of thiazole rings is 1. The van der Waals surface area contributed by atoms with E-state index < -0.39 is 0 Å². The van der Waals surface area contributed by atoms with Gasteiger partial charge < -0.3 is 15.0 Å². The van der Waals surface area contributed by atoms with Crippen molar-refractivity contribution in [3.05, 3.63) is 34.8 Å². The zero-order valence-corrected chi connectivity index (χ0v) is 17.4. The van der Waals surface area contributed by atoms with Gasteiger partial charge in [-0.1, -0.05) is 12.1 Å². The molecule has 27 heavy (non-hydrogen) atoms. The van der Waals surface area contributed by atoms with Crippen LogP contribution in [0.2, 0.25) is 0 Å². The summed E-state index contributed by atoms with van der Waals surface area (Å²) < 4.78 is 5.76. The molecule has 3 rings (SSSR count). The molecule has 0 spiro atoms. The van der Waals surface area contributed by atoms with Gasteiger partial charge in [0.05, 0.1) is 11.8 Å². The maximum absolute atomic E-state index is 12.6. The van der Waals surface area contributed by atoms with E-state index in [2.05, 4.69) is 22.2 Å². The van der Waals surface area contributed by atoms with Crippen molar-refractivity contribution in [3.8, 4) is 16.3 Å². The molecule has 0 bridgehead atoms. The molecule has 1 fully saturated rings. The molecular formula is C21H29N3O2S. The van der Waals surface area contributed by atoms with Gasteiger partial charge in [-0.15, -0.1) is 11.3 Å². The molecule has 5 nitrogen and oxygen atoms in total. The molecule has 1 aliphatic heterocycles. The fourth-order valence-electron chi connectivity index (χ4n) is 3.48. The summed E-state index contributed by atoms with van der Waals surface area (Å²) in [4.78, 5) is 20.3. The first-order valence-electron chi connectivity index (χ1n) is 9.67. The summed E-state index contributed by atoms with van der Waals surface area (Å²) in [7, 11) is 2.16. The zero-order chi connectivity index (χ0) is 19.4. The molecule has 1 unspecified atom stereocenters. The SMILES string of the molecule is Cc1nc(-c2cccc(OC(C)C)c2)sc1C(=O)NCCC1CCCN1C. The van der Waals surface area contributed by atoms with Crippen LogP contribution in [-0.2, 0) is 0 Å². The number of nitrogens with zero attached hydrogens (tertiary/aromatic N) is 2. The minimum atomic E-state index is -0.0218. The maximum atomic E-state index is 12.6. The Morgan fingerprint density at radius 3 is 2.96 bits per heavy atom. The van der Waals surface area contributed by atoms with Gasteiger partial charge in [0.25, 0.3) is 5.91 Å². The highest BCUT2D eigenvalue weighted by molar-refractivity contribution is 7.17. The second-order valence-electron chi connectivity index (χ2n) is 7.45. The van der Waals surface area contributed by atoms with Gasteiger partial charge in [-0.2, -0.15) is 0 Å². The summed E-state index contributed by atoms with van der Waals surface area (Å²) in [5, 5.41) is 3.92. The summed E-state index contributed by atoms with van der Waals surface area (Å²) in [5.41, 5.74) is 1.76. The lowest BCUT2D eigenvalue weighted by molar-refractivity contribution is 0.0953. The molecule has 146 valence electrons. The number of amides is 1. The van der Waals surface area contributed by atoms with Crippen molar-refractivity contribution in [1.82, 2.24) is 15.2 Å². The summed E-state index contributed by atoms with van der Waals surface area (Å²) >= 11 is 1.44. The number of nitrogens with one attached hydrogen (secondary N) is 1. The number of aromatic nitrogens is 1. The Morgan fingerprint density at radius 1 is 1.44 bits per heavy atom. The topological polar surface area (TPSA) is 54.5 Å². The zero-order valence-electron chi connectivity index (χ0n) is 16.6. The van der Waals surface area contributed by atoms with Crippen LogP contribution in [0.4, 0.5) is 0 Å². The van der Waals surface area contributed by atoms with Gasteiger partial charge in [-0.05, 0) is 65.8 Å². The average molecular weight is 388 g/mol. The van der Waals surface area contributed by atoms with Crippen LogP contribution < -0.4 is 10.1 Å². The van der Waals surface area contributed by atoms with E-state index in [0.29, 0.717) is 17.5 Å². The first-order chi connectivity index (χ1) is 12.9. The molecule has 1 N–H and O–H groups in total. The molecule has 2 aromatic rings. The Labute approximate surface area is 165 Å². The van der Waals surface area contributed by atoms with E-state index in [4.69, 9.17) is 4.74 Å². The van der Waals surface area contributed by atoms with Crippen molar-refractivity contribution in [1.29, 1.82) is 0 Å².